The van der Waals surface area contributed by atoms with Gasteiger partial charge in [0.2, 0.25) is 0 Å². The number of hydrogen-bond donors (Lipinski definition) is 1. The van der Waals surface area contributed by atoms with Crippen LogP contribution in [0.1, 0.15) is 68.3 Å². The summed E-state index contributed by atoms with van der Waals surface area (Å²) in [5, 5.41) is 3.09. The number of para-hydroxylation sites is 1. The summed E-state index contributed by atoms with van der Waals surface area (Å²) < 4.78 is 5.97. The maximum atomic E-state index is 12.6. The summed E-state index contributed by atoms with van der Waals surface area (Å²) in [7, 11) is 0. The predicted molar refractivity (Wildman–Crippen MR) is 106 cm³/mol. The third-order valence-corrected chi connectivity index (χ3v) is 5.20. The zero-order valence-electron chi connectivity index (χ0n) is 16.2. The molecule has 3 heteroatoms. The Morgan fingerprint density at radius 2 is 1.73 bits per heavy atom. The van der Waals surface area contributed by atoms with Crippen molar-refractivity contribution in [1.29, 1.82) is 0 Å². The number of amides is 1. The molecule has 2 aromatic rings. The predicted octanol–water partition coefficient (Wildman–Crippen LogP) is 4.94. The van der Waals surface area contributed by atoms with E-state index in [9.17, 15) is 4.79 Å². The van der Waals surface area contributed by atoms with E-state index in [2.05, 4.69) is 43.4 Å². The summed E-state index contributed by atoms with van der Waals surface area (Å²) in [4.78, 5) is 12.6. The molecule has 0 saturated carbocycles. The Bertz CT molecular complexity index is 782. The lowest BCUT2D eigenvalue weighted by atomic mass is 10.0. The normalized spacial score (nSPS) is 15.4. The van der Waals surface area contributed by atoms with Crippen LogP contribution < -0.4 is 10.1 Å². The summed E-state index contributed by atoms with van der Waals surface area (Å²) >= 11 is 0. The van der Waals surface area contributed by atoms with Crippen molar-refractivity contribution in [2.45, 2.75) is 65.0 Å². The van der Waals surface area contributed by atoms with Crippen LogP contribution in [0, 0.1) is 0 Å². The van der Waals surface area contributed by atoms with E-state index in [0.717, 1.165) is 23.3 Å². The van der Waals surface area contributed by atoms with E-state index in [4.69, 9.17) is 4.74 Å². The van der Waals surface area contributed by atoms with Crippen molar-refractivity contribution in [3.05, 3.63) is 64.7 Å². The van der Waals surface area contributed by atoms with Gasteiger partial charge in [0.25, 0.3) is 5.91 Å². The van der Waals surface area contributed by atoms with Crippen molar-refractivity contribution in [2.75, 3.05) is 0 Å². The van der Waals surface area contributed by atoms with Gasteiger partial charge in [-0.05, 0) is 67.3 Å². The molecule has 0 heterocycles. The Hall–Kier alpha value is -2.29. The second-order valence-corrected chi connectivity index (χ2v) is 7.56. The maximum absolute atomic E-state index is 12.6. The molecule has 0 saturated heterocycles. The van der Waals surface area contributed by atoms with Crippen molar-refractivity contribution in [3.8, 4) is 5.75 Å². The zero-order valence-corrected chi connectivity index (χ0v) is 16.2. The van der Waals surface area contributed by atoms with E-state index in [1.807, 2.05) is 32.0 Å². The molecule has 1 aliphatic carbocycles. The van der Waals surface area contributed by atoms with Crippen molar-refractivity contribution < 1.29 is 9.53 Å². The van der Waals surface area contributed by atoms with Crippen LogP contribution in [0.2, 0.25) is 0 Å². The molecule has 138 valence electrons. The molecule has 0 spiro atoms. The van der Waals surface area contributed by atoms with Crippen LogP contribution in [0.25, 0.3) is 0 Å². The molecule has 0 unspecified atom stereocenters. The van der Waals surface area contributed by atoms with Crippen molar-refractivity contribution in [2.24, 2.45) is 0 Å². The third kappa shape index (κ3) is 4.09. The minimum atomic E-state index is -0.535. The molecular formula is C23H29NO2. The summed E-state index contributed by atoms with van der Waals surface area (Å²) in [5.41, 5.74) is 5.17. The Kier molecular flexibility index (Phi) is 5.65. The lowest BCUT2D eigenvalue weighted by Gasteiger charge is -2.21. The Morgan fingerprint density at radius 3 is 2.50 bits per heavy atom. The number of carbonyl (C=O) groups is 1. The Labute approximate surface area is 156 Å². The highest BCUT2D eigenvalue weighted by atomic mass is 16.5. The van der Waals surface area contributed by atoms with Crippen LogP contribution in [-0.4, -0.2) is 12.0 Å². The van der Waals surface area contributed by atoms with Gasteiger partial charge < -0.3 is 10.1 Å². The molecule has 1 amide bonds. The third-order valence-electron chi connectivity index (χ3n) is 5.20. The number of aryl methyl sites for hydroxylation is 2. The molecule has 0 aliphatic heterocycles. The van der Waals surface area contributed by atoms with E-state index < -0.39 is 6.10 Å². The van der Waals surface area contributed by atoms with Gasteiger partial charge in [-0.3, -0.25) is 4.79 Å². The van der Waals surface area contributed by atoms with Crippen LogP contribution in [0.3, 0.4) is 0 Å². The average molecular weight is 351 g/mol. The van der Waals surface area contributed by atoms with E-state index in [0.29, 0.717) is 5.92 Å². The molecule has 26 heavy (non-hydrogen) atoms. The largest absolute Gasteiger partial charge is 0.481 e. The van der Waals surface area contributed by atoms with Gasteiger partial charge in [-0.25, -0.2) is 0 Å². The fourth-order valence-electron chi connectivity index (χ4n) is 3.58. The minimum Gasteiger partial charge on any atom is -0.481 e. The van der Waals surface area contributed by atoms with Gasteiger partial charge in [0.1, 0.15) is 5.75 Å². The maximum Gasteiger partial charge on any atom is 0.261 e. The van der Waals surface area contributed by atoms with E-state index in [1.54, 1.807) is 0 Å². The lowest BCUT2D eigenvalue weighted by molar-refractivity contribution is -0.127. The fourth-order valence-corrected chi connectivity index (χ4v) is 3.58. The van der Waals surface area contributed by atoms with Crippen LogP contribution >= 0.6 is 0 Å². The lowest BCUT2D eigenvalue weighted by Crippen LogP contribution is -2.38. The van der Waals surface area contributed by atoms with Crippen LogP contribution in [0.4, 0.5) is 0 Å². The van der Waals surface area contributed by atoms with E-state index in [1.165, 1.54) is 24.0 Å². The highest BCUT2D eigenvalue weighted by Gasteiger charge is 2.20. The SMILES string of the molecule is CC(C)c1ccccc1O[C@H](C)C(=O)N[C@@H](C)c1ccc2c(c1)CCC2. The minimum absolute atomic E-state index is 0.0280. The molecule has 3 rings (SSSR count). The number of fused-ring (bicyclic) bond motifs is 1. The van der Waals surface area contributed by atoms with Gasteiger partial charge in [0.15, 0.2) is 6.10 Å². The van der Waals surface area contributed by atoms with Crippen molar-refractivity contribution >= 4 is 5.91 Å². The zero-order chi connectivity index (χ0) is 18.7. The van der Waals surface area contributed by atoms with Crippen molar-refractivity contribution in [3.63, 3.8) is 0 Å². The summed E-state index contributed by atoms with van der Waals surface area (Å²) in [6, 6.07) is 14.5. The van der Waals surface area contributed by atoms with Gasteiger partial charge in [0, 0.05) is 0 Å². The van der Waals surface area contributed by atoms with Gasteiger partial charge in [-0.2, -0.15) is 0 Å². The molecule has 0 aromatic heterocycles. The first-order valence-corrected chi connectivity index (χ1v) is 9.63. The van der Waals surface area contributed by atoms with Crippen LogP contribution in [0.15, 0.2) is 42.5 Å². The quantitative estimate of drug-likeness (QED) is 0.800. The fraction of sp³-hybridized carbons (Fsp3) is 0.435. The molecule has 1 aliphatic rings. The number of nitrogens with one attached hydrogen (secondary N) is 1. The molecule has 0 fully saturated rings. The smallest absolute Gasteiger partial charge is 0.261 e. The first-order valence-electron chi connectivity index (χ1n) is 9.63. The topological polar surface area (TPSA) is 38.3 Å². The number of carbonyl (C=O) groups excluding carboxylic acids is 1. The highest BCUT2D eigenvalue weighted by Crippen LogP contribution is 2.27. The molecule has 1 N–H and O–H groups in total. The Balaban J connectivity index is 1.64. The van der Waals surface area contributed by atoms with Crippen LogP contribution in [0.5, 0.6) is 5.75 Å². The van der Waals surface area contributed by atoms with Gasteiger partial charge in [-0.1, -0.05) is 50.2 Å². The number of ether oxygens (including phenoxy) is 1. The molecule has 2 atom stereocenters. The first-order chi connectivity index (χ1) is 12.5. The highest BCUT2D eigenvalue weighted by molar-refractivity contribution is 5.81. The van der Waals surface area contributed by atoms with E-state index in [-0.39, 0.29) is 11.9 Å². The molecule has 0 radical (unpaired) electrons. The van der Waals surface area contributed by atoms with Crippen molar-refractivity contribution in [1.82, 2.24) is 5.32 Å². The number of hydrogen-bond acceptors (Lipinski definition) is 2. The van der Waals surface area contributed by atoms with E-state index >= 15 is 0 Å². The summed E-state index contributed by atoms with van der Waals surface area (Å²) in [5.74, 6) is 1.05. The van der Waals surface area contributed by atoms with Gasteiger partial charge in [-0.15, -0.1) is 0 Å². The number of rotatable bonds is 6. The summed E-state index contributed by atoms with van der Waals surface area (Å²) in [6.07, 6.45) is 3.03. The van der Waals surface area contributed by atoms with Crippen LogP contribution in [-0.2, 0) is 17.6 Å². The van der Waals surface area contributed by atoms with Gasteiger partial charge in [0.05, 0.1) is 6.04 Å². The summed E-state index contributed by atoms with van der Waals surface area (Å²) in [6.45, 7) is 8.09. The Morgan fingerprint density at radius 1 is 1.00 bits per heavy atom. The first kappa shape index (κ1) is 18.5. The van der Waals surface area contributed by atoms with Gasteiger partial charge >= 0.3 is 0 Å². The number of benzene rings is 2. The second-order valence-electron chi connectivity index (χ2n) is 7.56. The molecular weight excluding hydrogens is 322 g/mol. The monoisotopic (exact) mass is 351 g/mol. The molecule has 2 aromatic carbocycles. The standard InChI is InChI=1S/C23H29NO2/c1-15(2)21-10-5-6-11-22(21)26-17(4)23(25)24-16(3)19-13-12-18-8-7-9-20(18)14-19/h5-6,10-17H,7-9H2,1-4H3,(H,24,25)/t16-,17+/m0/s1. The second kappa shape index (κ2) is 7.94. The molecule has 0 bridgehead atoms. The average Bonchev–Trinajstić information content (AvgIpc) is 3.09. The molecule has 3 nitrogen and oxygen atoms in total.